The van der Waals surface area contributed by atoms with Gasteiger partial charge in [-0.2, -0.15) is 10.2 Å². The van der Waals surface area contributed by atoms with Crippen LogP contribution in [0.3, 0.4) is 0 Å². The summed E-state index contributed by atoms with van der Waals surface area (Å²) in [5, 5.41) is 8.97. The van der Waals surface area contributed by atoms with Crippen LogP contribution >= 0.6 is 11.6 Å². The van der Waals surface area contributed by atoms with Crippen LogP contribution in [0, 0.1) is 20.8 Å². The maximum Gasteiger partial charge on any atom is 0.275 e. The molecule has 2 aromatic heterocycles. The average molecular weight is 310 g/mol. The first-order valence-electron chi connectivity index (χ1n) is 6.67. The summed E-state index contributed by atoms with van der Waals surface area (Å²) in [6.07, 6.45) is 0. The number of halogens is 1. The second-order valence-corrected chi connectivity index (χ2v) is 5.68. The van der Waals surface area contributed by atoms with Crippen molar-refractivity contribution in [2.75, 3.05) is 7.05 Å². The van der Waals surface area contributed by atoms with Crippen molar-refractivity contribution in [1.82, 2.24) is 24.5 Å². The molecular weight excluding hydrogens is 290 g/mol. The predicted molar refractivity (Wildman–Crippen MR) is 81.4 cm³/mol. The second-order valence-electron chi connectivity index (χ2n) is 5.31. The molecule has 0 bridgehead atoms. The lowest BCUT2D eigenvalue weighted by Crippen LogP contribution is -2.27. The third kappa shape index (κ3) is 2.68. The van der Waals surface area contributed by atoms with Crippen molar-refractivity contribution in [3.05, 3.63) is 33.4 Å². The van der Waals surface area contributed by atoms with Crippen LogP contribution in [0.5, 0.6) is 0 Å². The molecule has 2 heterocycles. The Bertz CT molecular complexity index is 701. The van der Waals surface area contributed by atoms with Gasteiger partial charge >= 0.3 is 0 Å². The van der Waals surface area contributed by atoms with Crippen LogP contribution in [-0.2, 0) is 20.6 Å². The highest BCUT2D eigenvalue weighted by Crippen LogP contribution is 2.22. The fourth-order valence-corrected chi connectivity index (χ4v) is 2.50. The Morgan fingerprint density at radius 3 is 2.14 bits per heavy atom. The Hall–Kier alpha value is -1.82. The molecule has 0 N–H and O–H groups in total. The number of amides is 1. The van der Waals surface area contributed by atoms with Gasteiger partial charge in [-0.05, 0) is 20.8 Å². The summed E-state index contributed by atoms with van der Waals surface area (Å²) in [6.45, 7) is 6.25. The topological polar surface area (TPSA) is 56.0 Å². The maximum atomic E-state index is 12.5. The molecule has 0 aliphatic rings. The average Bonchev–Trinajstić information content (AvgIpc) is 2.82. The van der Waals surface area contributed by atoms with Gasteiger partial charge in [-0.1, -0.05) is 11.6 Å². The molecule has 2 rings (SSSR count). The van der Waals surface area contributed by atoms with Crippen LogP contribution < -0.4 is 0 Å². The Labute approximate surface area is 129 Å². The number of aryl methyl sites for hydroxylation is 3. The molecule has 0 aromatic carbocycles. The number of rotatable bonds is 3. The van der Waals surface area contributed by atoms with Gasteiger partial charge in [0.15, 0.2) is 5.69 Å². The number of hydrogen-bond donors (Lipinski definition) is 0. The molecule has 7 heteroatoms. The highest BCUT2D eigenvalue weighted by Gasteiger charge is 2.23. The molecule has 1 amide bonds. The van der Waals surface area contributed by atoms with E-state index in [1.165, 1.54) is 0 Å². The smallest absolute Gasteiger partial charge is 0.275 e. The van der Waals surface area contributed by atoms with Crippen LogP contribution in [0.4, 0.5) is 0 Å². The van der Waals surface area contributed by atoms with E-state index in [0.717, 1.165) is 22.6 Å². The van der Waals surface area contributed by atoms with E-state index in [-0.39, 0.29) is 5.91 Å². The van der Waals surface area contributed by atoms with Gasteiger partial charge in [-0.25, -0.2) is 0 Å². The van der Waals surface area contributed by atoms with E-state index < -0.39 is 0 Å². The molecule has 0 aliphatic heterocycles. The van der Waals surface area contributed by atoms with Crippen LogP contribution in [0.1, 0.15) is 33.1 Å². The molecule has 0 saturated heterocycles. The van der Waals surface area contributed by atoms with E-state index in [1.807, 2.05) is 32.5 Å². The molecule has 0 fully saturated rings. The van der Waals surface area contributed by atoms with Gasteiger partial charge in [0.2, 0.25) is 0 Å². The number of hydrogen-bond acceptors (Lipinski definition) is 3. The first-order valence-corrected chi connectivity index (χ1v) is 7.05. The quantitative estimate of drug-likeness (QED) is 0.871. The van der Waals surface area contributed by atoms with Crippen molar-refractivity contribution < 1.29 is 4.79 Å². The largest absolute Gasteiger partial charge is 0.336 e. The molecule has 0 atom stereocenters. The summed E-state index contributed by atoms with van der Waals surface area (Å²) in [6, 6.07) is 0. The van der Waals surface area contributed by atoms with Gasteiger partial charge in [0.25, 0.3) is 5.91 Å². The van der Waals surface area contributed by atoms with Crippen LogP contribution in [-0.4, -0.2) is 37.4 Å². The second kappa shape index (κ2) is 5.52. The predicted octanol–water partition coefficient (Wildman–Crippen LogP) is 2.00. The van der Waals surface area contributed by atoms with Crippen LogP contribution in [0.2, 0.25) is 5.02 Å². The van der Waals surface area contributed by atoms with Gasteiger partial charge in [0.1, 0.15) is 0 Å². The van der Waals surface area contributed by atoms with Crippen LogP contribution in [0.25, 0.3) is 0 Å². The third-order valence-electron chi connectivity index (χ3n) is 3.86. The van der Waals surface area contributed by atoms with Crippen LogP contribution in [0.15, 0.2) is 0 Å². The van der Waals surface area contributed by atoms with Gasteiger partial charge in [0, 0.05) is 38.9 Å². The Balaban J connectivity index is 2.26. The zero-order chi connectivity index (χ0) is 15.9. The Morgan fingerprint density at radius 2 is 1.71 bits per heavy atom. The first-order chi connectivity index (χ1) is 9.73. The molecule has 0 radical (unpaired) electrons. The lowest BCUT2D eigenvalue weighted by molar-refractivity contribution is 0.0778. The number of aromatic nitrogens is 4. The highest BCUT2D eigenvalue weighted by atomic mass is 35.5. The van der Waals surface area contributed by atoms with Crippen molar-refractivity contribution >= 4 is 17.5 Å². The van der Waals surface area contributed by atoms with E-state index in [0.29, 0.717) is 17.3 Å². The lowest BCUT2D eigenvalue weighted by Gasteiger charge is -2.16. The summed E-state index contributed by atoms with van der Waals surface area (Å²) >= 11 is 6.18. The zero-order valence-electron chi connectivity index (χ0n) is 13.2. The SMILES string of the molecule is Cc1nn(C)c(C)c1CN(C)C(=O)c1nn(C)c(C)c1Cl. The minimum absolute atomic E-state index is 0.189. The van der Waals surface area contributed by atoms with Gasteiger partial charge < -0.3 is 4.90 Å². The zero-order valence-corrected chi connectivity index (χ0v) is 14.0. The van der Waals surface area contributed by atoms with Crippen molar-refractivity contribution in [2.45, 2.75) is 27.3 Å². The summed E-state index contributed by atoms with van der Waals surface area (Å²) < 4.78 is 3.44. The molecule has 0 spiro atoms. The Morgan fingerprint density at radius 1 is 1.14 bits per heavy atom. The lowest BCUT2D eigenvalue weighted by atomic mass is 10.2. The fourth-order valence-electron chi connectivity index (χ4n) is 2.26. The third-order valence-corrected chi connectivity index (χ3v) is 4.32. The van der Waals surface area contributed by atoms with Crippen molar-refractivity contribution in [3.8, 4) is 0 Å². The molecule has 2 aromatic rings. The number of carbonyl (C=O) groups is 1. The Kier molecular flexibility index (Phi) is 4.09. The molecule has 21 heavy (non-hydrogen) atoms. The minimum Gasteiger partial charge on any atom is -0.336 e. The summed E-state index contributed by atoms with van der Waals surface area (Å²) in [5.74, 6) is -0.189. The van der Waals surface area contributed by atoms with E-state index in [4.69, 9.17) is 11.6 Å². The van der Waals surface area contributed by atoms with E-state index in [9.17, 15) is 4.79 Å². The summed E-state index contributed by atoms with van der Waals surface area (Å²) in [7, 11) is 5.41. The van der Waals surface area contributed by atoms with Gasteiger partial charge in [0.05, 0.1) is 16.4 Å². The first kappa shape index (κ1) is 15.6. The maximum absolute atomic E-state index is 12.5. The fraction of sp³-hybridized carbons (Fsp3) is 0.500. The number of carbonyl (C=O) groups excluding carboxylic acids is 1. The standard InChI is InChI=1S/C14H20ClN5O/c1-8-11(9(2)19(5)16-8)7-18(4)14(21)13-12(15)10(3)20(6)17-13/h7H2,1-6H3. The normalized spacial score (nSPS) is 11.0. The monoisotopic (exact) mass is 309 g/mol. The van der Waals surface area contributed by atoms with E-state index in [1.54, 1.807) is 23.7 Å². The van der Waals surface area contributed by atoms with Gasteiger partial charge in [-0.3, -0.25) is 14.2 Å². The highest BCUT2D eigenvalue weighted by molar-refractivity contribution is 6.34. The molecule has 6 nitrogen and oxygen atoms in total. The molecule has 0 saturated carbocycles. The van der Waals surface area contributed by atoms with Crippen molar-refractivity contribution in [2.24, 2.45) is 14.1 Å². The van der Waals surface area contributed by atoms with E-state index in [2.05, 4.69) is 10.2 Å². The minimum atomic E-state index is -0.189. The molecule has 114 valence electrons. The van der Waals surface area contributed by atoms with Crippen molar-refractivity contribution in [1.29, 1.82) is 0 Å². The van der Waals surface area contributed by atoms with E-state index >= 15 is 0 Å². The van der Waals surface area contributed by atoms with Crippen molar-refractivity contribution in [3.63, 3.8) is 0 Å². The summed E-state index contributed by atoms with van der Waals surface area (Å²) in [5.41, 5.74) is 4.10. The van der Waals surface area contributed by atoms with Gasteiger partial charge in [-0.15, -0.1) is 0 Å². The molecule has 0 aliphatic carbocycles. The molecule has 0 unspecified atom stereocenters. The molecular formula is C14H20ClN5O. The summed E-state index contributed by atoms with van der Waals surface area (Å²) in [4.78, 5) is 14.1. The number of nitrogens with zero attached hydrogens (tertiary/aromatic N) is 5.